The minimum atomic E-state index is -0.539. The number of aliphatic hydroxyl groups excluding tert-OH is 1. The Balaban J connectivity index is 1.63. The molecule has 1 aromatic carbocycles. The van der Waals surface area contributed by atoms with Gasteiger partial charge in [-0.1, -0.05) is 35.5 Å². The molecule has 7 heteroatoms. The van der Waals surface area contributed by atoms with E-state index in [0.29, 0.717) is 22.5 Å². The minimum absolute atomic E-state index is 0.282. The second-order valence-corrected chi connectivity index (χ2v) is 5.34. The number of aromatic nitrogens is 3. The Hall–Kier alpha value is -1.08. The molecule has 19 heavy (non-hydrogen) atoms. The van der Waals surface area contributed by atoms with Gasteiger partial charge in [-0.25, -0.2) is 4.98 Å². The number of thioether (sulfide) groups is 1. The molecule has 0 saturated heterocycles. The van der Waals surface area contributed by atoms with Gasteiger partial charge in [0.25, 0.3) is 0 Å². The lowest BCUT2D eigenvalue weighted by Gasteiger charge is -2.10. The molecular formula is C12H14ClN3O2S. The Labute approximate surface area is 120 Å². The molecular weight excluding hydrogens is 286 g/mol. The highest BCUT2D eigenvalue weighted by Crippen LogP contribution is 2.13. The van der Waals surface area contributed by atoms with Crippen molar-refractivity contribution in [2.24, 2.45) is 0 Å². The summed E-state index contributed by atoms with van der Waals surface area (Å²) in [6.45, 7) is 0.741. The van der Waals surface area contributed by atoms with Crippen molar-refractivity contribution in [2.75, 3.05) is 12.4 Å². The fourth-order valence-electron chi connectivity index (χ4n) is 1.38. The number of H-pyrrole nitrogens is 1. The molecule has 0 amide bonds. The van der Waals surface area contributed by atoms with E-state index in [4.69, 9.17) is 16.3 Å². The van der Waals surface area contributed by atoms with Crippen LogP contribution >= 0.6 is 23.4 Å². The highest BCUT2D eigenvalue weighted by molar-refractivity contribution is 7.99. The topological polar surface area (TPSA) is 71.0 Å². The molecule has 0 saturated carbocycles. The molecule has 0 bridgehead atoms. The maximum Gasteiger partial charge on any atom is 0.183 e. The van der Waals surface area contributed by atoms with Gasteiger partial charge in [0, 0.05) is 10.8 Å². The fraction of sp³-hybridized carbons (Fsp3) is 0.333. The van der Waals surface area contributed by atoms with Gasteiger partial charge in [0.05, 0.1) is 19.3 Å². The van der Waals surface area contributed by atoms with Crippen molar-refractivity contribution in [3.63, 3.8) is 0 Å². The second kappa shape index (κ2) is 7.49. The molecule has 1 atom stereocenters. The van der Waals surface area contributed by atoms with Crippen molar-refractivity contribution in [1.29, 1.82) is 0 Å². The van der Waals surface area contributed by atoms with E-state index in [2.05, 4.69) is 15.2 Å². The van der Waals surface area contributed by atoms with Crippen molar-refractivity contribution in [3.8, 4) is 0 Å². The largest absolute Gasteiger partial charge is 0.390 e. The zero-order chi connectivity index (χ0) is 13.5. The zero-order valence-corrected chi connectivity index (χ0v) is 11.7. The van der Waals surface area contributed by atoms with Crippen molar-refractivity contribution in [3.05, 3.63) is 41.2 Å². The molecule has 2 rings (SSSR count). The summed E-state index contributed by atoms with van der Waals surface area (Å²) >= 11 is 7.20. The van der Waals surface area contributed by atoms with Gasteiger partial charge in [0.2, 0.25) is 0 Å². The first-order valence-corrected chi connectivity index (χ1v) is 7.09. The van der Waals surface area contributed by atoms with Crippen LogP contribution in [-0.4, -0.2) is 38.8 Å². The van der Waals surface area contributed by atoms with Gasteiger partial charge in [-0.2, -0.15) is 5.10 Å². The highest BCUT2D eigenvalue weighted by Gasteiger charge is 2.07. The Morgan fingerprint density at radius 1 is 1.37 bits per heavy atom. The van der Waals surface area contributed by atoms with E-state index < -0.39 is 6.10 Å². The predicted molar refractivity (Wildman–Crippen MR) is 74.2 cm³/mol. The van der Waals surface area contributed by atoms with Crippen molar-refractivity contribution >= 4 is 23.4 Å². The van der Waals surface area contributed by atoms with E-state index in [0.717, 1.165) is 5.56 Å². The molecule has 2 aromatic rings. The van der Waals surface area contributed by atoms with E-state index in [1.165, 1.54) is 18.1 Å². The summed E-state index contributed by atoms with van der Waals surface area (Å²) in [5.74, 6) is 0.510. The first-order chi connectivity index (χ1) is 9.24. The Morgan fingerprint density at radius 2 is 2.16 bits per heavy atom. The molecule has 2 N–H and O–H groups in total. The normalized spacial score (nSPS) is 12.5. The van der Waals surface area contributed by atoms with Gasteiger partial charge in [-0.3, -0.25) is 5.10 Å². The lowest BCUT2D eigenvalue weighted by molar-refractivity contribution is 0.0398. The molecule has 0 aliphatic carbocycles. The van der Waals surface area contributed by atoms with Crippen LogP contribution in [0, 0.1) is 0 Å². The fourth-order valence-corrected chi connectivity index (χ4v) is 2.19. The van der Waals surface area contributed by atoms with Crippen LogP contribution in [0.5, 0.6) is 0 Å². The number of aliphatic hydroxyl groups is 1. The maximum atomic E-state index is 9.74. The molecule has 1 heterocycles. The van der Waals surface area contributed by atoms with E-state index in [1.807, 2.05) is 24.3 Å². The Morgan fingerprint density at radius 3 is 2.84 bits per heavy atom. The molecule has 0 spiro atoms. The van der Waals surface area contributed by atoms with Crippen molar-refractivity contribution in [2.45, 2.75) is 17.9 Å². The van der Waals surface area contributed by atoms with Crippen LogP contribution in [0.3, 0.4) is 0 Å². The number of hydrogen-bond donors (Lipinski definition) is 2. The summed E-state index contributed by atoms with van der Waals surface area (Å²) in [7, 11) is 0. The monoisotopic (exact) mass is 299 g/mol. The molecule has 0 radical (unpaired) electrons. The molecule has 0 aliphatic heterocycles. The van der Waals surface area contributed by atoms with Crippen LogP contribution < -0.4 is 0 Å². The molecule has 0 fully saturated rings. The summed E-state index contributed by atoms with van der Waals surface area (Å²) in [6.07, 6.45) is 0.897. The summed E-state index contributed by atoms with van der Waals surface area (Å²) < 4.78 is 5.44. The number of ether oxygens (including phenoxy) is 1. The maximum absolute atomic E-state index is 9.74. The third-order valence-electron chi connectivity index (χ3n) is 2.30. The zero-order valence-electron chi connectivity index (χ0n) is 10.1. The predicted octanol–water partition coefficient (Wildman–Crippen LogP) is 2.13. The Bertz CT molecular complexity index is 478. The highest BCUT2D eigenvalue weighted by atomic mass is 35.5. The number of hydrogen-bond acceptors (Lipinski definition) is 5. The van der Waals surface area contributed by atoms with Crippen LogP contribution in [0.25, 0.3) is 0 Å². The van der Waals surface area contributed by atoms with Gasteiger partial charge < -0.3 is 9.84 Å². The molecule has 0 unspecified atom stereocenters. The van der Waals surface area contributed by atoms with Gasteiger partial charge in [-0.15, -0.1) is 0 Å². The average Bonchev–Trinajstić information content (AvgIpc) is 2.92. The van der Waals surface area contributed by atoms with Crippen LogP contribution in [0.15, 0.2) is 35.7 Å². The average molecular weight is 300 g/mol. The summed E-state index contributed by atoms with van der Waals surface area (Å²) in [5, 5.41) is 17.6. The van der Waals surface area contributed by atoms with Crippen LogP contribution in [0.4, 0.5) is 0 Å². The van der Waals surface area contributed by atoms with E-state index in [-0.39, 0.29) is 6.61 Å². The van der Waals surface area contributed by atoms with Gasteiger partial charge in [0.1, 0.15) is 6.33 Å². The lowest BCUT2D eigenvalue weighted by atomic mass is 10.2. The number of aromatic amines is 1. The Kier molecular flexibility index (Phi) is 5.65. The SMILES string of the molecule is O[C@H](COCc1ccc(Cl)cc1)CSc1ncn[nH]1. The van der Waals surface area contributed by atoms with E-state index in [1.54, 1.807) is 0 Å². The second-order valence-electron chi connectivity index (χ2n) is 3.90. The third kappa shape index (κ3) is 5.20. The van der Waals surface area contributed by atoms with Crippen LogP contribution in [-0.2, 0) is 11.3 Å². The summed E-state index contributed by atoms with van der Waals surface area (Å²) in [6, 6.07) is 7.43. The minimum Gasteiger partial charge on any atom is -0.390 e. The summed E-state index contributed by atoms with van der Waals surface area (Å²) in [5.41, 5.74) is 1.03. The van der Waals surface area contributed by atoms with Crippen molar-refractivity contribution < 1.29 is 9.84 Å². The molecule has 102 valence electrons. The lowest BCUT2D eigenvalue weighted by Crippen LogP contribution is -2.18. The number of halogens is 1. The van der Waals surface area contributed by atoms with E-state index in [9.17, 15) is 5.11 Å². The first-order valence-electron chi connectivity index (χ1n) is 5.72. The smallest absolute Gasteiger partial charge is 0.183 e. The van der Waals surface area contributed by atoms with Gasteiger partial charge in [-0.05, 0) is 17.7 Å². The first kappa shape index (κ1) is 14.3. The number of nitrogens with one attached hydrogen (secondary N) is 1. The van der Waals surface area contributed by atoms with Crippen LogP contribution in [0.2, 0.25) is 5.02 Å². The number of benzene rings is 1. The molecule has 1 aromatic heterocycles. The standard InChI is InChI=1S/C12H14ClN3O2S/c13-10-3-1-9(2-4-10)5-18-6-11(17)7-19-12-14-8-15-16-12/h1-4,8,11,17H,5-7H2,(H,14,15,16)/t11-/m1/s1. The van der Waals surface area contributed by atoms with Crippen molar-refractivity contribution in [1.82, 2.24) is 15.2 Å². The number of nitrogens with zero attached hydrogens (tertiary/aromatic N) is 2. The summed E-state index contributed by atoms with van der Waals surface area (Å²) in [4.78, 5) is 3.96. The van der Waals surface area contributed by atoms with E-state index >= 15 is 0 Å². The third-order valence-corrected chi connectivity index (χ3v) is 3.57. The van der Waals surface area contributed by atoms with Gasteiger partial charge in [0.15, 0.2) is 5.16 Å². The van der Waals surface area contributed by atoms with Crippen LogP contribution in [0.1, 0.15) is 5.56 Å². The number of rotatable bonds is 7. The quantitative estimate of drug-likeness (QED) is 0.766. The molecule has 0 aliphatic rings. The molecule has 5 nitrogen and oxygen atoms in total. The van der Waals surface area contributed by atoms with Gasteiger partial charge >= 0.3 is 0 Å².